The molecule has 2 N–H and O–H groups in total. The Morgan fingerprint density at radius 3 is 2.23 bits per heavy atom. The quantitative estimate of drug-likeness (QED) is 0.563. The van der Waals surface area contributed by atoms with Gasteiger partial charge >= 0.3 is 0 Å². The summed E-state index contributed by atoms with van der Waals surface area (Å²) in [6.45, 7) is 5.84. The molecule has 0 radical (unpaired) electrons. The summed E-state index contributed by atoms with van der Waals surface area (Å²) in [6, 6.07) is 21.0. The first kappa shape index (κ1) is 21.6. The standard InChI is InChI=1S/C24H26N2O3S/c1-4-22(21-13-9-8-10-17(21)2)25-24(27)19-15-14-18(3)23(16-19)26-30(28,29)20-11-6-5-7-12-20/h5-16,22,26H,4H2,1-3H3,(H,25,27). The van der Waals surface area contributed by atoms with Gasteiger partial charge in [0.1, 0.15) is 0 Å². The van der Waals surface area contributed by atoms with E-state index >= 15 is 0 Å². The highest BCUT2D eigenvalue weighted by atomic mass is 32.2. The maximum absolute atomic E-state index is 12.9. The fourth-order valence-corrected chi connectivity index (χ4v) is 4.44. The first-order valence-corrected chi connectivity index (χ1v) is 11.3. The van der Waals surface area contributed by atoms with Crippen LogP contribution in [0.3, 0.4) is 0 Å². The number of carbonyl (C=O) groups is 1. The van der Waals surface area contributed by atoms with Gasteiger partial charge in [0.2, 0.25) is 0 Å². The number of amides is 1. The maximum atomic E-state index is 12.9. The van der Waals surface area contributed by atoms with Gasteiger partial charge < -0.3 is 5.32 Å². The number of carbonyl (C=O) groups excluding carboxylic acids is 1. The van der Waals surface area contributed by atoms with Crippen molar-refractivity contribution in [2.75, 3.05) is 4.72 Å². The summed E-state index contributed by atoms with van der Waals surface area (Å²) in [5, 5.41) is 3.07. The third-order valence-corrected chi connectivity index (χ3v) is 6.46. The average molecular weight is 423 g/mol. The van der Waals surface area contributed by atoms with Gasteiger partial charge in [0, 0.05) is 5.56 Å². The molecular weight excluding hydrogens is 396 g/mol. The van der Waals surface area contributed by atoms with Crippen molar-refractivity contribution in [1.82, 2.24) is 5.32 Å². The minimum atomic E-state index is -3.74. The fourth-order valence-electron chi connectivity index (χ4n) is 3.30. The molecule has 0 saturated carbocycles. The molecular formula is C24H26N2O3S. The molecule has 0 saturated heterocycles. The van der Waals surface area contributed by atoms with Crippen LogP contribution in [0.15, 0.2) is 77.7 Å². The molecule has 0 aliphatic rings. The van der Waals surface area contributed by atoms with Gasteiger partial charge in [0.05, 0.1) is 16.6 Å². The molecule has 1 atom stereocenters. The lowest BCUT2D eigenvalue weighted by molar-refractivity contribution is 0.0935. The Morgan fingerprint density at radius 2 is 1.57 bits per heavy atom. The van der Waals surface area contributed by atoms with E-state index in [9.17, 15) is 13.2 Å². The Kier molecular flexibility index (Phi) is 6.57. The molecule has 0 aliphatic carbocycles. The normalized spacial score (nSPS) is 12.2. The van der Waals surface area contributed by atoms with Crippen LogP contribution in [0.5, 0.6) is 0 Å². The number of sulfonamides is 1. The van der Waals surface area contributed by atoms with Gasteiger partial charge in [0.25, 0.3) is 15.9 Å². The molecule has 3 aromatic carbocycles. The molecule has 5 nitrogen and oxygen atoms in total. The predicted octanol–water partition coefficient (Wildman–Crippen LogP) is 4.99. The van der Waals surface area contributed by atoms with Gasteiger partial charge in [-0.25, -0.2) is 8.42 Å². The summed E-state index contributed by atoms with van der Waals surface area (Å²) < 4.78 is 27.9. The highest BCUT2D eigenvalue weighted by Crippen LogP contribution is 2.24. The van der Waals surface area contributed by atoms with Crippen LogP contribution in [-0.4, -0.2) is 14.3 Å². The van der Waals surface area contributed by atoms with Crippen LogP contribution in [0, 0.1) is 13.8 Å². The second-order valence-corrected chi connectivity index (χ2v) is 8.92. The van der Waals surface area contributed by atoms with Gasteiger partial charge in [-0.1, -0.05) is 55.5 Å². The zero-order chi connectivity index (χ0) is 21.7. The average Bonchev–Trinajstić information content (AvgIpc) is 2.74. The van der Waals surface area contributed by atoms with Crippen LogP contribution >= 0.6 is 0 Å². The Hall–Kier alpha value is -3.12. The molecule has 0 aromatic heterocycles. The van der Waals surface area contributed by atoms with Crippen LogP contribution in [0.1, 0.15) is 46.4 Å². The summed E-state index contributed by atoms with van der Waals surface area (Å²) in [6.07, 6.45) is 0.746. The Labute approximate surface area is 178 Å². The number of benzene rings is 3. The minimum absolute atomic E-state index is 0.121. The van der Waals surface area contributed by atoms with E-state index < -0.39 is 10.0 Å². The van der Waals surface area contributed by atoms with Gasteiger partial charge in [-0.2, -0.15) is 0 Å². The smallest absolute Gasteiger partial charge is 0.261 e. The molecule has 0 spiro atoms. The molecule has 0 heterocycles. The largest absolute Gasteiger partial charge is 0.345 e. The number of hydrogen-bond acceptors (Lipinski definition) is 3. The summed E-state index contributed by atoms with van der Waals surface area (Å²) in [5.74, 6) is -0.245. The Morgan fingerprint density at radius 1 is 0.900 bits per heavy atom. The Balaban J connectivity index is 1.84. The molecule has 30 heavy (non-hydrogen) atoms. The second-order valence-electron chi connectivity index (χ2n) is 7.24. The van der Waals surface area contributed by atoms with Gasteiger partial charge in [-0.15, -0.1) is 0 Å². The molecule has 1 unspecified atom stereocenters. The second kappa shape index (κ2) is 9.13. The SMILES string of the molecule is CCC(NC(=O)c1ccc(C)c(NS(=O)(=O)c2ccccc2)c1)c1ccccc1C. The van der Waals surface area contributed by atoms with Crippen molar-refractivity contribution in [3.8, 4) is 0 Å². The summed E-state index contributed by atoms with van der Waals surface area (Å²) in [5.41, 5.74) is 3.71. The molecule has 3 rings (SSSR count). The molecule has 0 aliphatic heterocycles. The first-order chi connectivity index (χ1) is 14.3. The lowest BCUT2D eigenvalue weighted by Gasteiger charge is -2.20. The highest BCUT2D eigenvalue weighted by Gasteiger charge is 2.19. The van der Waals surface area contributed by atoms with Gasteiger partial charge in [0.15, 0.2) is 0 Å². The number of aryl methyl sites for hydroxylation is 2. The number of hydrogen-bond donors (Lipinski definition) is 2. The van der Waals surface area contributed by atoms with E-state index in [0.29, 0.717) is 11.3 Å². The number of nitrogens with one attached hydrogen (secondary N) is 2. The minimum Gasteiger partial charge on any atom is -0.345 e. The van der Waals surface area contributed by atoms with E-state index in [2.05, 4.69) is 10.0 Å². The third kappa shape index (κ3) is 4.89. The zero-order valence-corrected chi connectivity index (χ0v) is 18.2. The number of rotatable bonds is 7. The van der Waals surface area contributed by atoms with E-state index in [4.69, 9.17) is 0 Å². The lowest BCUT2D eigenvalue weighted by Crippen LogP contribution is -2.28. The van der Waals surface area contributed by atoms with Crippen LogP contribution in [-0.2, 0) is 10.0 Å². The molecule has 0 bridgehead atoms. The van der Waals surface area contributed by atoms with Crippen molar-refractivity contribution in [1.29, 1.82) is 0 Å². The van der Waals surface area contributed by atoms with Gasteiger partial charge in [-0.05, 0) is 61.2 Å². The topological polar surface area (TPSA) is 75.3 Å². The third-order valence-electron chi connectivity index (χ3n) is 5.08. The van der Waals surface area contributed by atoms with Crippen LogP contribution in [0.2, 0.25) is 0 Å². The van der Waals surface area contributed by atoms with Crippen LogP contribution < -0.4 is 10.0 Å². The summed E-state index contributed by atoms with van der Waals surface area (Å²) in [4.78, 5) is 13.1. The van der Waals surface area contributed by atoms with Crippen molar-refractivity contribution in [3.05, 3.63) is 95.1 Å². The predicted molar refractivity (Wildman–Crippen MR) is 120 cm³/mol. The lowest BCUT2D eigenvalue weighted by atomic mass is 9.99. The fraction of sp³-hybridized carbons (Fsp3) is 0.208. The van der Waals surface area contributed by atoms with E-state index in [1.807, 2.05) is 38.1 Å². The molecule has 0 fully saturated rings. The van der Waals surface area contributed by atoms with Crippen LogP contribution in [0.25, 0.3) is 0 Å². The molecule has 156 valence electrons. The zero-order valence-electron chi connectivity index (χ0n) is 17.3. The Bertz CT molecular complexity index is 1140. The summed E-state index contributed by atoms with van der Waals surface area (Å²) >= 11 is 0. The van der Waals surface area contributed by atoms with Crippen molar-refractivity contribution >= 4 is 21.6 Å². The first-order valence-electron chi connectivity index (χ1n) is 9.86. The summed E-state index contributed by atoms with van der Waals surface area (Å²) in [7, 11) is -3.74. The van der Waals surface area contributed by atoms with E-state index in [-0.39, 0.29) is 16.8 Å². The molecule has 3 aromatic rings. The van der Waals surface area contributed by atoms with Crippen molar-refractivity contribution < 1.29 is 13.2 Å². The van der Waals surface area contributed by atoms with E-state index in [1.54, 1.807) is 43.3 Å². The van der Waals surface area contributed by atoms with Crippen molar-refractivity contribution in [3.63, 3.8) is 0 Å². The van der Waals surface area contributed by atoms with Crippen molar-refractivity contribution in [2.24, 2.45) is 0 Å². The van der Waals surface area contributed by atoms with Gasteiger partial charge in [-0.3, -0.25) is 9.52 Å². The maximum Gasteiger partial charge on any atom is 0.261 e. The molecule has 1 amide bonds. The highest BCUT2D eigenvalue weighted by molar-refractivity contribution is 7.92. The van der Waals surface area contributed by atoms with Crippen molar-refractivity contribution in [2.45, 2.75) is 38.1 Å². The monoisotopic (exact) mass is 422 g/mol. The molecule has 6 heteroatoms. The van der Waals surface area contributed by atoms with E-state index in [0.717, 1.165) is 23.1 Å². The van der Waals surface area contributed by atoms with E-state index in [1.165, 1.54) is 12.1 Å². The van der Waals surface area contributed by atoms with Crippen LogP contribution in [0.4, 0.5) is 5.69 Å². The number of anilines is 1.